The molecule has 188 valence electrons. The maximum Gasteiger partial charge on any atom is 0.131 e. The average Bonchev–Trinajstić information content (AvgIpc) is 3.13. The Bertz CT molecular complexity index is 1070. The molecule has 1 saturated heterocycles. The number of aliphatic imine (C=N–C) groups is 2. The van der Waals surface area contributed by atoms with Crippen LogP contribution in [-0.2, 0) is 0 Å². The molecule has 7 heteroatoms. The van der Waals surface area contributed by atoms with Crippen LogP contribution in [0.3, 0.4) is 0 Å². The van der Waals surface area contributed by atoms with Crippen molar-refractivity contribution >= 4 is 28.5 Å². The fourth-order valence-corrected chi connectivity index (χ4v) is 3.86. The van der Waals surface area contributed by atoms with Crippen molar-refractivity contribution in [3.05, 3.63) is 59.7 Å². The molecule has 0 atom stereocenters. The highest BCUT2D eigenvalue weighted by Gasteiger charge is 2.19. The van der Waals surface area contributed by atoms with Crippen molar-refractivity contribution in [3.8, 4) is 5.75 Å². The molecule has 0 spiro atoms. The topological polar surface area (TPSA) is 84.9 Å². The number of allylic oxidation sites excluding steroid dienone is 4. The van der Waals surface area contributed by atoms with Crippen LogP contribution >= 0.6 is 0 Å². The number of amidine groups is 1. The minimum Gasteiger partial charge on any atom is -0.507 e. The second kappa shape index (κ2) is 14.2. The molecule has 0 radical (unpaired) electrons. The Hall–Kier alpha value is -3.32. The van der Waals surface area contributed by atoms with Crippen LogP contribution in [0.5, 0.6) is 5.75 Å². The van der Waals surface area contributed by atoms with Crippen LogP contribution in [0.15, 0.2) is 68.8 Å². The summed E-state index contributed by atoms with van der Waals surface area (Å²) in [6, 6.07) is 5.59. The van der Waals surface area contributed by atoms with Crippen molar-refractivity contribution in [2.75, 3.05) is 40.3 Å². The molecule has 2 heterocycles. The molecule has 7 nitrogen and oxygen atoms in total. The first-order valence-corrected chi connectivity index (χ1v) is 12.4. The molecule has 0 aliphatic carbocycles. The zero-order valence-corrected chi connectivity index (χ0v) is 22.1. The van der Waals surface area contributed by atoms with E-state index < -0.39 is 0 Å². The summed E-state index contributed by atoms with van der Waals surface area (Å²) >= 11 is 0. The highest BCUT2D eigenvalue weighted by atomic mass is 16.3. The molecule has 0 bridgehead atoms. The molecule has 0 unspecified atom stereocenters. The summed E-state index contributed by atoms with van der Waals surface area (Å²) in [6.07, 6.45) is 7.42. The van der Waals surface area contributed by atoms with Gasteiger partial charge in [0.1, 0.15) is 11.6 Å². The number of nitrogens with zero attached hydrogens (tertiary/aromatic N) is 5. The number of phenolic OH excluding ortho intramolecular Hbond substituents is 1. The van der Waals surface area contributed by atoms with E-state index >= 15 is 0 Å². The maximum absolute atomic E-state index is 10.9. The Morgan fingerprint density at radius 1 is 1.17 bits per heavy atom. The lowest BCUT2D eigenvalue weighted by molar-refractivity contribution is 0.352. The highest BCUT2D eigenvalue weighted by molar-refractivity contribution is 6.46. The van der Waals surface area contributed by atoms with Crippen LogP contribution in [0.2, 0.25) is 0 Å². The predicted octanol–water partition coefficient (Wildman–Crippen LogP) is 4.90. The predicted molar refractivity (Wildman–Crippen MR) is 151 cm³/mol. The lowest BCUT2D eigenvalue weighted by Crippen LogP contribution is -2.46. The molecule has 2 N–H and O–H groups in total. The van der Waals surface area contributed by atoms with E-state index in [4.69, 9.17) is 0 Å². The molecule has 0 aromatic heterocycles. The van der Waals surface area contributed by atoms with Gasteiger partial charge >= 0.3 is 0 Å². The third-order valence-electron chi connectivity index (χ3n) is 6.00. The third-order valence-corrected chi connectivity index (χ3v) is 6.00. The van der Waals surface area contributed by atoms with Gasteiger partial charge in [0, 0.05) is 52.3 Å². The molecule has 0 saturated carbocycles. The van der Waals surface area contributed by atoms with Crippen LogP contribution in [0.1, 0.15) is 51.7 Å². The summed E-state index contributed by atoms with van der Waals surface area (Å²) in [6.45, 7) is 15.8. The van der Waals surface area contributed by atoms with Crippen molar-refractivity contribution in [1.82, 2.24) is 10.2 Å². The first-order chi connectivity index (χ1) is 17.0. The second-order valence-corrected chi connectivity index (χ2v) is 8.03. The van der Waals surface area contributed by atoms with Gasteiger partial charge in [0.15, 0.2) is 0 Å². The Kier molecular flexibility index (Phi) is 11.3. The van der Waals surface area contributed by atoms with Crippen molar-refractivity contribution in [2.45, 2.75) is 40.5 Å². The van der Waals surface area contributed by atoms with Crippen LogP contribution in [-0.4, -0.2) is 73.3 Å². The number of phenols is 1. The Labute approximate surface area is 210 Å². The smallest absolute Gasteiger partial charge is 0.131 e. The largest absolute Gasteiger partial charge is 0.507 e. The van der Waals surface area contributed by atoms with Gasteiger partial charge in [-0.05, 0) is 48.8 Å². The van der Waals surface area contributed by atoms with Crippen LogP contribution < -0.4 is 5.32 Å². The molecule has 35 heavy (non-hydrogen) atoms. The number of hydrogen-bond acceptors (Lipinski definition) is 7. The number of nitrogens with one attached hydrogen (secondary N) is 1. The van der Waals surface area contributed by atoms with E-state index in [2.05, 4.69) is 50.0 Å². The van der Waals surface area contributed by atoms with E-state index in [9.17, 15) is 5.11 Å². The van der Waals surface area contributed by atoms with Crippen molar-refractivity contribution in [3.63, 3.8) is 0 Å². The number of rotatable bonds is 6. The molecule has 2 aliphatic rings. The monoisotopic (exact) mass is 476 g/mol. The molecule has 0 amide bonds. The molecular formula is C28H40N6O. The summed E-state index contributed by atoms with van der Waals surface area (Å²) in [4.78, 5) is 10.8. The zero-order chi connectivity index (χ0) is 25.8. The summed E-state index contributed by atoms with van der Waals surface area (Å²) in [5, 5.41) is 23.4. The molecule has 1 aromatic carbocycles. The van der Waals surface area contributed by atoms with E-state index in [1.807, 2.05) is 39.0 Å². The number of benzene rings is 1. The third kappa shape index (κ3) is 7.33. The SMILES string of the molecule is C=C/C(=C\C(=NC)C(C)=NC)c1ccc(C2=NN=C(N3CCNCC3)CC(CC)=C2)c(O)c1.CC. The molecule has 1 aromatic rings. The highest BCUT2D eigenvalue weighted by Crippen LogP contribution is 2.27. The van der Waals surface area contributed by atoms with Crippen molar-refractivity contribution in [1.29, 1.82) is 0 Å². The van der Waals surface area contributed by atoms with E-state index in [-0.39, 0.29) is 5.75 Å². The summed E-state index contributed by atoms with van der Waals surface area (Å²) in [5.74, 6) is 1.15. The second-order valence-electron chi connectivity index (χ2n) is 8.03. The van der Waals surface area contributed by atoms with Gasteiger partial charge in [0.25, 0.3) is 0 Å². The number of aromatic hydroxyl groups is 1. The number of hydrogen-bond donors (Lipinski definition) is 2. The number of piperazine rings is 1. The van der Waals surface area contributed by atoms with Crippen LogP contribution in [0.4, 0.5) is 0 Å². The fraction of sp³-hybridized carbons (Fsp3) is 0.429. The maximum atomic E-state index is 10.9. The van der Waals surface area contributed by atoms with Crippen molar-refractivity contribution < 1.29 is 5.11 Å². The molecule has 3 rings (SSSR count). The Balaban J connectivity index is 0.00000210. The Morgan fingerprint density at radius 2 is 1.89 bits per heavy atom. The van der Waals surface area contributed by atoms with Gasteiger partial charge in [0.05, 0.1) is 17.1 Å². The van der Waals surface area contributed by atoms with Gasteiger partial charge < -0.3 is 15.3 Å². The van der Waals surface area contributed by atoms with E-state index in [0.29, 0.717) is 11.3 Å². The molecular weight excluding hydrogens is 436 g/mol. The normalized spacial score (nSPS) is 17.5. The van der Waals surface area contributed by atoms with Gasteiger partial charge in [-0.15, -0.1) is 10.2 Å². The standard InChI is InChI=1S/C26H34N6O.C2H6/c1-6-19-14-24(30-31-26(15-19)32-12-10-29-11-13-32)22-9-8-21(17-25(22)33)20(7-2)16-23(28-5)18(3)27-4;1-2/h7-9,14,16-17,29,33H,2,6,10-13,15H2,1,3-5H3;1-2H3/b20-16+,27-18?,28-23?;. The lowest BCUT2D eigenvalue weighted by Gasteiger charge is -2.29. The average molecular weight is 477 g/mol. The van der Waals surface area contributed by atoms with Crippen LogP contribution in [0, 0.1) is 0 Å². The Morgan fingerprint density at radius 3 is 2.46 bits per heavy atom. The molecule has 1 fully saturated rings. The lowest BCUT2D eigenvalue weighted by atomic mass is 9.97. The van der Waals surface area contributed by atoms with Gasteiger partial charge in [-0.3, -0.25) is 9.98 Å². The van der Waals surface area contributed by atoms with Crippen LogP contribution in [0.25, 0.3) is 5.57 Å². The van der Waals surface area contributed by atoms with Gasteiger partial charge in [-0.25, -0.2) is 0 Å². The van der Waals surface area contributed by atoms with E-state index in [1.54, 1.807) is 26.2 Å². The van der Waals surface area contributed by atoms with Gasteiger partial charge in [-0.1, -0.05) is 45.1 Å². The van der Waals surface area contributed by atoms with E-state index in [1.165, 1.54) is 5.57 Å². The summed E-state index contributed by atoms with van der Waals surface area (Å²) < 4.78 is 0. The summed E-state index contributed by atoms with van der Waals surface area (Å²) in [7, 11) is 3.48. The first-order valence-electron chi connectivity index (χ1n) is 12.4. The summed E-state index contributed by atoms with van der Waals surface area (Å²) in [5.41, 5.74) is 5.89. The quantitative estimate of drug-likeness (QED) is 0.452. The van der Waals surface area contributed by atoms with E-state index in [0.717, 1.165) is 67.4 Å². The fourth-order valence-electron chi connectivity index (χ4n) is 3.86. The minimum atomic E-state index is 0.155. The zero-order valence-electron chi connectivity index (χ0n) is 22.1. The minimum absolute atomic E-state index is 0.155. The van der Waals surface area contributed by atoms with Crippen molar-refractivity contribution in [2.24, 2.45) is 20.2 Å². The van der Waals surface area contributed by atoms with Gasteiger partial charge in [-0.2, -0.15) is 0 Å². The first kappa shape index (κ1) is 27.9. The van der Waals surface area contributed by atoms with Gasteiger partial charge in [0.2, 0.25) is 0 Å². The molecule has 2 aliphatic heterocycles.